The van der Waals surface area contributed by atoms with Crippen LogP contribution in [0.5, 0.6) is 5.75 Å². The highest BCUT2D eigenvalue weighted by Crippen LogP contribution is 2.57. The Bertz CT molecular complexity index is 411. The van der Waals surface area contributed by atoms with E-state index in [-0.39, 0.29) is 5.41 Å². The third-order valence-electron chi connectivity index (χ3n) is 3.98. The van der Waals surface area contributed by atoms with E-state index in [4.69, 9.17) is 10.5 Å². The van der Waals surface area contributed by atoms with Gasteiger partial charge in [-0.05, 0) is 22.6 Å². The summed E-state index contributed by atoms with van der Waals surface area (Å²) >= 11 is 0. The Morgan fingerprint density at radius 1 is 1.40 bits per heavy atom. The van der Waals surface area contributed by atoms with Gasteiger partial charge in [0, 0.05) is 18.4 Å². The summed E-state index contributed by atoms with van der Waals surface area (Å²) in [6.07, 6.45) is 1.05. The molecule has 0 unspecified atom stereocenters. The van der Waals surface area contributed by atoms with E-state index >= 15 is 0 Å². The first-order chi connectivity index (χ1) is 7.10. The van der Waals surface area contributed by atoms with Gasteiger partial charge in [0.15, 0.2) is 0 Å². The van der Waals surface area contributed by atoms with Crippen LogP contribution in [0.3, 0.4) is 0 Å². The molecule has 0 aromatic heterocycles. The van der Waals surface area contributed by atoms with Gasteiger partial charge in [0.25, 0.3) is 0 Å². The van der Waals surface area contributed by atoms with Crippen LogP contribution in [0.4, 0.5) is 0 Å². The Kier molecular flexibility index (Phi) is 1.70. The second-order valence-electron chi connectivity index (χ2n) is 5.29. The number of benzene rings is 1. The summed E-state index contributed by atoms with van der Waals surface area (Å²) in [5, 5.41) is 0. The average molecular weight is 203 g/mol. The number of hydrogen-bond donors (Lipinski definition) is 1. The van der Waals surface area contributed by atoms with Crippen molar-refractivity contribution in [3.63, 3.8) is 0 Å². The van der Waals surface area contributed by atoms with E-state index in [9.17, 15) is 0 Å². The van der Waals surface area contributed by atoms with Gasteiger partial charge in [-0.2, -0.15) is 0 Å². The minimum atomic E-state index is 0.272. The van der Waals surface area contributed by atoms with Crippen LogP contribution in [-0.2, 0) is 6.42 Å². The first-order valence-corrected chi connectivity index (χ1v) is 5.62. The predicted octanol–water partition coefficient (Wildman–Crippen LogP) is 2.07. The van der Waals surface area contributed by atoms with Gasteiger partial charge in [-0.15, -0.1) is 0 Å². The molecule has 1 aromatic carbocycles. The number of nitrogens with two attached hydrogens (primary N) is 1. The molecular formula is C13H17NO. The van der Waals surface area contributed by atoms with E-state index in [1.165, 1.54) is 11.1 Å². The molecule has 0 spiro atoms. The van der Waals surface area contributed by atoms with E-state index in [0.717, 1.165) is 18.8 Å². The maximum absolute atomic E-state index is 6.09. The fourth-order valence-corrected chi connectivity index (χ4v) is 2.71. The summed E-state index contributed by atoms with van der Waals surface area (Å²) in [7, 11) is 0. The molecule has 1 fully saturated rings. The fourth-order valence-electron chi connectivity index (χ4n) is 2.71. The van der Waals surface area contributed by atoms with Crippen LogP contribution in [-0.4, -0.2) is 12.6 Å². The maximum Gasteiger partial charge on any atom is 0.122 e. The third kappa shape index (κ3) is 1.21. The summed E-state index contributed by atoms with van der Waals surface area (Å²) in [4.78, 5) is 0. The van der Waals surface area contributed by atoms with Gasteiger partial charge in [-0.3, -0.25) is 0 Å². The van der Waals surface area contributed by atoms with Crippen molar-refractivity contribution < 1.29 is 4.74 Å². The molecule has 0 amide bonds. The zero-order chi connectivity index (χ0) is 10.6. The summed E-state index contributed by atoms with van der Waals surface area (Å²) in [5.74, 6) is 1.59. The van der Waals surface area contributed by atoms with Gasteiger partial charge in [-0.1, -0.05) is 26.0 Å². The molecule has 0 radical (unpaired) electrons. The normalized spacial score (nSPS) is 30.9. The molecule has 1 heterocycles. The Hall–Kier alpha value is -1.02. The number of ether oxygens (including phenoxy) is 1. The molecule has 2 atom stereocenters. The van der Waals surface area contributed by atoms with E-state index < -0.39 is 0 Å². The standard InChI is InChI=1S/C13H17NO/c1-13(2)11(12(13)14)9-3-4-10-8(7-9)5-6-15-10/h3-4,7,11-12H,5-6,14H2,1-2H3/t11-,12-/m1/s1. The molecule has 2 N–H and O–H groups in total. The van der Waals surface area contributed by atoms with Crippen LogP contribution in [0, 0.1) is 5.41 Å². The van der Waals surface area contributed by atoms with Crippen LogP contribution in [0.25, 0.3) is 0 Å². The zero-order valence-electron chi connectivity index (χ0n) is 9.29. The Morgan fingerprint density at radius 2 is 2.13 bits per heavy atom. The molecule has 1 aromatic rings. The SMILES string of the molecule is CC1(C)[C@H](N)[C@H]1c1ccc2c(c1)CCO2. The Labute approximate surface area is 90.4 Å². The van der Waals surface area contributed by atoms with Gasteiger partial charge >= 0.3 is 0 Å². The highest BCUT2D eigenvalue weighted by atomic mass is 16.5. The molecule has 2 nitrogen and oxygen atoms in total. The maximum atomic E-state index is 6.09. The van der Waals surface area contributed by atoms with E-state index in [0.29, 0.717) is 12.0 Å². The molecular weight excluding hydrogens is 186 g/mol. The van der Waals surface area contributed by atoms with Gasteiger partial charge in [0.05, 0.1) is 6.61 Å². The lowest BCUT2D eigenvalue weighted by Crippen LogP contribution is -2.06. The van der Waals surface area contributed by atoms with Gasteiger partial charge in [0.1, 0.15) is 5.75 Å². The zero-order valence-corrected chi connectivity index (χ0v) is 9.29. The lowest BCUT2D eigenvalue weighted by Gasteiger charge is -2.05. The topological polar surface area (TPSA) is 35.2 Å². The summed E-state index contributed by atoms with van der Waals surface area (Å²) in [6, 6.07) is 6.86. The molecule has 2 aliphatic rings. The molecule has 3 rings (SSSR count). The molecule has 0 bridgehead atoms. The molecule has 1 aliphatic carbocycles. The monoisotopic (exact) mass is 203 g/mol. The van der Waals surface area contributed by atoms with Crippen molar-refractivity contribution >= 4 is 0 Å². The highest BCUT2D eigenvalue weighted by molar-refractivity contribution is 5.44. The molecule has 15 heavy (non-hydrogen) atoms. The summed E-state index contributed by atoms with van der Waals surface area (Å²) in [5.41, 5.74) is 9.10. The highest BCUT2D eigenvalue weighted by Gasteiger charge is 2.56. The molecule has 80 valence electrons. The first kappa shape index (κ1) is 9.22. The number of rotatable bonds is 1. The van der Waals surface area contributed by atoms with Gasteiger partial charge in [-0.25, -0.2) is 0 Å². The van der Waals surface area contributed by atoms with Gasteiger partial charge < -0.3 is 10.5 Å². The van der Waals surface area contributed by atoms with Gasteiger partial charge in [0.2, 0.25) is 0 Å². The fraction of sp³-hybridized carbons (Fsp3) is 0.538. The average Bonchev–Trinajstić information content (AvgIpc) is 2.62. The van der Waals surface area contributed by atoms with Crippen LogP contribution in [0.2, 0.25) is 0 Å². The summed E-state index contributed by atoms with van der Waals surface area (Å²) < 4.78 is 5.50. The van der Waals surface area contributed by atoms with Crippen molar-refractivity contribution in [2.24, 2.45) is 11.1 Å². The second kappa shape index (κ2) is 2.76. The van der Waals surface area contributed by atoms with Crippen molar-refractivity contribution in [1.82, 2.24) is 0 Å². The number of fused-ring (bicyclic) bond motifs is 1. The van der Waals surface area contributed by atoms with Crippen molar-refractivity contribution in [3.8, 4) is 5.75 Å². The second-order valence-corrected chi connectivity index (χ2v) is 5.29. The third-order valence-corrected chi connectivity index (χ3v) is 3.98. The van der Waals surface area contributed by atoms with Crippen molar-refractivity contribution in [3.05, 3.63) is 29.3 Å². The molecule has 1 aliphatic heterocycles. The Balaban J connectivity index is 1.95. The number of hydrogen-bond acceptors (Lipinski definition) is 2. The largest absolute Gasteiger partial charge is 0.493 e. The predicted molar refractivity (Wildman–Crippen MR) is 60.1 cm³/mol. The molecule has 1 saturated carbocycles. The van der Waals surface area contributed by atoms with E-state index in [1.54, 1.807) is 0 Å². The van der Waals surface area contributed by atoms with Crippen LogP contribution in [0.1, 0.15) is 30.9 Å². The smallest absolute Gasteiger partial charge is 0.122 e. The minimum Gasteiger partial charge on any atom is -0.493 e. The van der Waals surface area contributed by atoms with Crippen molar-refractivity contribution in [2.75, 3.05) is 6.61 Å². The van der Waals surface area contributed by atoms with E-state index in [1.807, 2.05) is 0 Å². The molecule has 0 saturated heterocycles. The quantitative estimate of drug-likeness (QED) is 0.758. The van der Waals surface area contributed by atoms with Crippen LogP contribution >= 0.6 is 0 Å². The van der Waals surface area contributed by atoms with E-state index in [2.05, 4.69) is 32.0 Å². The lowest BCUT2D eigenvalue weighted by molar-refractivity contribution is 0.357. The first-order valence-electron chi connectivity index (χ1n) is 5.62. The molecule has 2 heteroatoms. The lowest BCUT2D eigenvalue weighted by atomic mass is 10.0. The minimum absolute atomic E-state index is 0.272. The van der Waals surface area contributed by atoms with Crippen molar-refractivity contribution in [1.29, 1.82) is 0 Å². The van der Waals surface area contributed by atoms with Crippen LogP contribution < -0.4 is 10.5 Å². The van der Waals surface area contributed by atoms with Crippen LogP contribution in [0.15, 0.2) is 18.2 Å². The summed E-state index contributed by atoms with van der Waals surface area (Å²) in [6.45, 7) is 5.32. The Morgan fingerprint density at radius 3 is 2.80 bits per heavy atom. The van der Waals surface area contributed by atoms with Crippen molar-refractivity contribution in [2.45, 2.75) is 32.2 Å².